The minimum Gasteiger partial charge on any atom is -0.378 e. The topological polar surface area (TPSA) is 69.3 Å². The molecule has 2 heterocycles. The molecule has 2 rings (SSSR count). The highest BCUT2D eigenvalue weighted by atomic mass is 35.5. The van der Waals surface area contributed by atoms with Crippen molar-refractivity contribution < 1.29 is 23.3 Å². The van der Waals surface area contributed by atoms with E-state index in [1.165, 1.54) is 0 Å². The lowest BCUT2D eigenvalue weighted by Gasteiger charge is -2.46. The molecule has 1 unspecified atom stereocenters. The molecule has 7 nitrogen and oxygen atoms in total. The molecule has 1 N–H and O–H groups in total. The van der Waals surface area contributed by atoms with E-state index in [-0.39, 0.29) is 18.5 Å². The molecule has 0 aliphatic carbocycles. The summed E-state index contributed by atoms with van der Waals surface area (Å²) < 4.78 is 37.2. The number of nitrogens with zero attached hydrogens (tertiary/aromatic N) is 1. The molecule has 0 radical (unpaired) electrons. The van der Waals surface area contributed by atoms with E-state index in [0.29, 0.717) is 37.8 Å². The van der Waals surface area contributed by atoms with Crippen molar-refractivity contribution in [2.24, 2.45) is 0 Å². The Morgan fingerprint density at radius 1 is 1.27 bits per heavy atom. The standard InChI is InChI=1S/C12H23Cl2N2O5P/c1-18-9-7-11(19-2)20-10-8-15-22(17,21-12(9)10)16(5-3-13)6-4-14/h9-12H,3-8H2,1-2H3,(H,15,17)/t9-,10+,11-,12-,22?/m0/s1. The number of fused-ring (bicyclic) bond motifs is 1. The summed E-state index contributed by atoms with van der Waals surface area (Å²) in [5, 5.41) is 2.96. The predicted octanol–water partition coefficient (Wildman–Crippen LogP) is 1.64. The SMILES string of the molecule is CO[C@@H]1C[C@H](OC)[C@@H]2OP(=O)(N(CCCl)CCCl)NC[C@H]2O1. The number of ether oxygens (including phenoxy) is 3. The minimum atomic E-state index is -3.21. The van der Waals surface area contributed by atoms with Gasteiger partial charge in [-0.2, -0.15) is 0 Å². The monoisotopic (exact) mass is 376 g/mol. The normalized spacial score (nSPS) is 39.0. The summed E-state index contributed by atoms with van der Waals surface area (Å²) in [6, 6.07) is 0. The van der Waals surface area contributed by atoms with E-state index in [1.54, 1.807) is 18.9 Å². The lowest BCUT2D eigenvalue weighted by atomic mass is 10.0. The number of methoxy groups -OCH3 is 2. The lowest BCUT2D eigenvalue weighted by molar-refractivity contribution is -0.243. The fourth-order valence-corrected chi connectivity index (χ4v) is 5.51. The molecule has 0 amide bonds. The molecule has 0 aromatic rings. The maximum Gasteiger partial charge on any atom is 0.344 e. The quantitative estimate of drug-likeness (QED) is 0.534. The molecule has 0 saturated carbocycles. The number of nitrogens with one attached hydrogen (secondary N) is 1. The number of rotatable bonds is 7. The first-order valence-corrected chi connectivity index (χ1v) is 9.84. The van der Waals surface area contributed by atoms with Crippen molar-refractivity contribution in [3.05, 3.63) is 0 Å². The minimum absolute atomic E-state index is 0.243. The molecule has 130 valence electrons. The van der Waals surface area contributed by atoms with Gasteiger partial charge in [0.15, 0.2) is 6.29 Å². The van der Waals surface area contributed by atoms with Crippen LogP contribution >= 0.6 is 30.9 Å². The van der Waals surface area contributed by atoms with Gasteiger partial charge in [-0.3, -0.25) is 9.09 Å². The third-order valence-electron chi connectivity index (χ3n) is 3.86. The Morgan fingerprint density at radius 2 is 1.95 bits per heavy atom. The highest BCUT2D eigenvalue weighted by Gasteiger charge is 2.49. The Hall–Kier alpha value is 0.570. The molecule has 2 saturated heterocycles. The van der Waals surface area contributed by atoms with Crippen LogP contribution in [0.3, 0.4) is 0 Å². The van der Waals surface area contributed by atoms with Crippen LogP contribution in [0.4, 0.5) is 0 Å². The summed E-state index contributed by atoms with van der Waals surface area (Å²) in [7, 11) is -0.0228. The second-order valence-corrected chi connectivity index (χ2v) is 8.02. The zero-order valence-electron chi connectivity index (χ0n) is 12.7. The summed E-state index contributed by atoms with van der Waals surface area (Å²) >= 11 is 11.6. The van der Waals surface area contributed by atoms with Crippen LogP contribution in [0.1, 0.15) is 6.42 Å². The summed E-state index contributed by atoms with van der Waals surface area (Å²) in [6.07, 6.45) is -0.765. The van der Waals surface area contributed by atoms with Crippen LogP contribution in [0.2, 0.25) is 0 Å². The van der Waals surface area contributed by atoms with E-state index in [2.05, 4.69) is 5.09 Å². The van der Waals surface area contributed by atoms with Gasteiger partial charge in [0.25, 0.3) is 0 Å². The van der Waals surface area contributed by atoms with E-state index in [9.17, 15) is 4.57 Å². The Labute approximate surface area is 141 Å². The van der Waals surface area contributed by atoms with Gasteiger partial charge in [0.1, 0.15) is 12.2 Å². The zero-order chi connectivity index (χ0) is 16.2. The molecule has 22 heavy (non-hydrogen) atoms. The molecule has 10 heteroatoms. The summed E-state index contributed by atoms with van der Waals surface area (Å²) in [4.78, 5) is 0. The summed E-state index contributed by atoms with van der Waals surface area (Å²) in [6.45, 7) is 1.24. The molecule has 5 atom stereocenters. The third-order valence-corrected chi connectivity index (χ3v) is 6.46. The molecule has 0 bridgehead atoms. The van der Waals surface area contributed by atoms with Crippen molar-refractivity contribution in [1.29, 1.82) is 0 Å². The van der Waals surface area contributed by atoms with E-state index in [1.807, 2.05) is 0 Å². The van der Waals surface area contributed by atoms with Crippen LogP contribution in [0.25, 0.3) is 0 Å². The van der Waals surface area contributed by atoms with E-state index in [4.69, 9.17) is 41.9 Å². The van der Waals surface area contributed by atoms with E-state index < -0.39 is 13.8 Å². The van der Waals surface area contributed by atoms with Crippen molar-refractivity contribution in [2.45, 2.75) is 31.0 Å². The van der Waals surface area contributed by atoms with Gasteiger partial charge in [0.2, 0.25) is 0 Å². The summed E-state index contributed by atoms with van der Waals surface area (Å²) in [5.41, 5.74) is 0. The Kier molecular flexibility index (Phi) is 7.39. The van der Waals surface area contributed by atoms with Gasteiger partial charge in [-0.05, 0) is 0 Å². The first-order chi connectivity index (χ1) is 10.6. The maximum atomic E-state index is 13.1. The van der Waals surface area contributed by atoms with Crippen molar-refractivity contribution in [2.75, 3.05) is 45.6 Å². The second kappa shape index (κ2) is 8.60. The Morgan fingerprint density at radius 3 is 2.50 bits per heavy atom. The largest absolute Gasteiger partial charge is 0.378 e. The van der Waals surface area contributed by atoms with Gasteiger partial charge in [0.05, 0.1) is 6.10 Å². The smallest absolute Gasteiger partial charge is 0.344 e. The maximum absolute atomic E-state index is 13.1. The average Bonchev–Trinajstić information content (AvgIpc) is 2.53. The van der Waals surface area contributed by atoms with Gasteiger partial charge in [-0.1, -0.05) is 0 Å². The Bertz CT molecular complexity index is 392. The van der Waals surface area contributed by atoms with Gasteiger partial charge in [-0.25, -0.2) is 9.76 Å². The van der Waals surface area contributed by atoms with Crippen molar-refractivity contribution in [1.82, 2.24) is 9.76 Å². The molecular weight excluding hydrogens is 354 g/mol. The van der Waals surface area contributed by atoms with Crippen LogP contribution < -0.4 is 5.09 Å². The molecule has 2 aliphatic heterocycles. The molecular formula is C12H23Cl2N2O5P. The highest BCUT2D eigenvalue weighted by molar-refractivity contribution is 7.54. The predicted molar refractivity (Wildman–Crippen MR) is 84.6 cm³/mol. The van der Waals surface area contributed by atoms with Crippen LogP contribution in [0.5, 0.6) is 0 Å². The number of alkyl halides is 2. The average molecular weight is 377 g/mol. The first-order valence-electron chi connectivity index (χ1n) is 7.20. The fraction of sp³-hybridized carbons (Fsp3) is 1.00. The lowest BCUT2D eigenvalue weighted by Crippen LogP contribution is -2.58. The molecule has 0 aromatic carbocycles. The van der Waals surface area contributed by atoms with Crippen LogP contribution in [-0.4, -0.2) is 74.9 Å². The van der Waals surface area contributed by atoms with Crippen LogP contribution in [-0.2, 0) is 23.3 Å². The van der Waals surface area contributed by atoms with Gasteiger partial charge >= 0.3 is 7.67 Å². The van der Waals surface area contributed by atoms with E-state index >= 15 is 0 Å². The highest BCUT2D eigenvalue weighted by Crippen LogP contribution is 2.52. The van der Waals surface area contributed by atoms with Gasteiger partial charge in [-0.15, -0.1) is 23.2 Å². The fourth-order valence-electron chi connectivity index (χ4n) is 2.72. The zero-order valence-corrected chi connectivity index (χ0v) is 15.1. The summed E-state index contributed by atoms with van der Waals surface area (Å²) in [5.74, 6) is 0.686. The number of hydrogen-bond donors (Lipinski definition) is 1. The Balaban J connectivity index is 2.12. The van der Waals surface area contributed by atoms with Crippen molar-refractivity contribution in [3.63, 3.8) is 0 Å². The van der Waals surface area contributed by atoms with E-state index in [0.717, 1.165) is 0 Å². The third kappa shape index (κ3) is 4.15. The van der Waals surface area contributed by atoms with Crippen molar-refractivity contribution >= 4 is 30.9 Å². The van der Waals surface area contributed by atoms with Crippen molar-refractivity contribution in [3.8, 4) is 0 Å². The first kappa shape index (κ1) is 18.9. The van der Waals surface area contributed by atoms with Crippen LogP contribution in [0, 0.1) is 0 Å². The molecule has 2 fully saturated rings. The van der Waals surface area contributed by atoms with Gasteiger partial charge in [0, 0.05) is 52.0 Å². The second-order valence-electron chi connectivity index (χ2n) is 5.13. The number of halogens is 2. The number of hydrogen-bond acceptors (Lipinski definition) is 5. The molecule has 0 spiro atoms. The van der Waals surface area contributed by atoms with Gasteiger partial charge < -0.3 is 14.2 Å². The molecule has 0 aromatic heterocycles. The van der Waals surface area contributed by atoms with Crippen LogP contribution in [0.15, 0.2) is 0 Å². The molecule has 2 aliphatic rings.